The molecule has 0 aliphatic carbocycles. The summed E-state index contributed by atoms with van der Waals surface area (Å²) in [5.41, 5.74) is 6.65. The standard InChI is InChI=1S/C17H21N7O2S.C16H22N4O2S.C14H23BN2O4/c1-12-7-15-16(8-14(12)13-9-21-22-10-13)19-11-20-17(15)23-3-2-4-24(6-5-23)27(18,25)26;1-12-9-14-15(10-13(12)2)17-11-18-16(14)19-5-4-6-20(8-7-19)23(3,21)22;1-12(2,3)19-11(18)17-9-10(8-16-17)15-20-13(4,5)14(6,7)21-15/h7-11H,2-6H2,1H3,(H,21,22)(H2,18,25,26);9-11H,4-8H2,1-3H3;8-9H,1-7H3. The Morgan fingerprint density at radius 1 is 0.732 bits per heavy atom. The van der Waals surface area contributed by atoms with Gasteiger partial charge in [-0.15, -0.1) is 0 Å². The first-order chi connectivity index (χ1) is 33.2. The van der Waals surface area contributed by atoms with E-state index in [1.54, 1.807) is 35.6 Å². The van der Waals surface area contributed by atoms with E-state index in [4.69, 9.17) is 19.2 Å². The second-order valence-electron chi connectivity index (χ2n) is 20.1. The normalized spacial score (nSPS) is 18.1. The first-order valence-electron chi connectivity index (χ1n) is 23.5. The summed E-state index contributed by atoms with van der Waals surface area (Å²) in [5.74, 6) is 1.71. The molecule has 21 nitrogen and oxygen atoms in total. The number of hydrogen-bond acceptors (Lipinski definition) is 16. The van der Waals surface area contributed by atoms with Crippen molar-refractivity contribution >= 4 is 72.3 Å². The SMILES string of the molecule is CC(C)(C)OC(=O)n1cc(B2OC(C)(C)C(C)(C)O2)cn1.Cc1cc2c(N3CCCN(S(N)(=O)=O)CC3)ncnc2cc1-c1cn[nH]c1.Cc1cc2ncnc(N3CCCN(S(C)(=O)=O)CC3)c2cc1C. The van der Waals surface area contributed by atoms with Crippen molar-refractivity contribution in [1.82, 2.24) is 48.5 Å². The molecule has 3 saturated heterocycles. The molecule has 6 aromatic rings. The Bertz CT molecular complexity index is 3080. The second-order valence-corrected chi connectivity index (χ2v) is 23.6. The molecular weight excluding hydrogens is 950 g/mol. The van der Waals surface area contributed by atoms with Gasteiger partial charge in [0, 0.05) is 92.7 Å². The van der Waals surface area contributed by atoms with Crippen molar-refractivity contribution in [1.29, 1.82) is 0 Å². The highest BCUT2D eigenvalue weighted by molar-refractivity contribution is 7.88. The van der Waals surface area contributed by atoms with Crippen LogP contribution in [-0.2, 0) is 34.3 Å². The van der Waals surface area contributed by atoms with Crippen molar-refractivity contribution in [2.45, 2.75) is 98.9 Å². The van der Waals surface area contributed by atoms with Gasteiger partial charge in [-0.1, -0.05) is 0 Å². The van der Waals surface area contributed by atoms with Gasteiger partial charge in [0.15, 0.2) is 0 Å². The highest BCUT2D eigenvalue weighted by Gasteiger charge is 2.52. The third-order valence-electron chi connectivity index (χ3n) is 13.0. The van der Waals surface area contributed by atoms with Crippen LogP contribution in [0.15, 0.2) is 61.7 Å². The molecule has 3 N–H and O–H groups in total. The van der Waals surface area contributed by atoms with E-state index in [1.165, 1.54) is 21.7 Å². The molecule has 0 bridgehead atoms. The summed E-state index contributed by atoms with van der Waals surface area (Å²) in [7, 11) is -7.34. The molecule has 0 amide bonds. The maximum absolute atomic E-state index is 11.9. The number of fused-ring (bicyclic) bond motifs is 2. The summed E-state index contributed by atoms with van der Waals surface area (Å²) < 4.78 is 67.9. The molecule has 2 aromatic carbocycles. The lowest BCUT2D eigenvalue weighted by atomic mass is 9.82. The summed E-state index contributed by atoms with van der Waals surface area (Å²) in [6, 6.07) is 8.32. The first-order valence-corrected chi connectivity index (χ1v) is 26.9. The number of H-pyrrole nitrogens is 1. The van der Waals surface area contributed by atoms with Crippen LogP contribution in [0.25, 0.3) is 32.9 Å². The monoisotopic (exact) mass is 1020 g/mol. The number of carbonyl (C=O) groups is 1. The molecule has 0 radical (unpaired) electrons. The Morgan fingerprint density at radius 2 is 1.27 bits per heavy atom. The molecule has 382 valence electrons. The highest BCUT2D eigenvalue weighted by atomic mass is 32.2. The van der Waals surface area contributed by atoms with Gasteiger partial charge in [0.25, 0.3) is 10.2 Å². The first kappa shape index (κ1) is 53.2. The smallest absolute Gasteiger partial charge is 0.442 e. The Morgan fingerprint density at radius 3 is 1.80 bits per heavy atom. The Labute approximate surface area is 416 Å². The minimum atomic E-state index is -3.67. The van der Waals surface area contributed by atoms with Gasteiger partial charge < -0.3 is 23.8 Å². The predicted molar refractivity (Wildman–Crippen MR) is 275 cm³/mol. The van der Waals surface area contributed by atoms with Crippen molar-refractivity contribution < 1.29 is 35.7 Å². The minimum absolute atomic E-state index is 0.344. The Hall–Kier alpha value is -5.63. The van der Waals surface area contributed by atoms with Crippen molar-refractivity contribution in [3.63, 3.8) is 0 Å². The molecule has 4 aromatic heterocycles. The molecule has 0 atom stereocenters. The quantitative estimate of drug-likeness (QED) is 0.214. The summed E-state index contributed by atoms with van der Waals surface area (Å²) in [6.07, 6.45) is 12.2. The number of aryl methyl sites for hydroxylation is 3. The average Bonchev–Trinajstić information content (AvgIpc) is 3.93. The molecule has 3 fully saturated rings. The number of carbonyl (C=O) groups excluding carboxylic acids is 1. The molecule has 71 heavy (non-hydrogen) atoms. The number of hydrogen-bond donors (Lipinski definition) is 2. The summed E-state index contributed by atoms with van der Waals surface area (Å²) in [5, 5.41) is 18.1. The zero-order valence-electron chi connectivity index (χ0n) is 42.5. The zero-order chi connectivity index (χ0) is 51.7. The van der Waals surface area contributed by atoms with Crippen LogP contribution in [0.3, 0.4) is 0 Å². The lowest BCUT2D eigenvalue weighted by Crippen LogP contribution is -2.41. The van der Waals surface area contributed by atoms with Crippen LogP contribution in [-0.4, -0.2) is 154 Å². The van der Waals surface area contributed by atoms with Crippen LogP contribution >= 0.6 is 0 Å². The summed E-state index contributed by atoms with van der Waals surface area (Å²) in [6.45, 7) is 24.0. The number of nitrogens with one attached hydrogen (secondary N) is 1. The van der Waals surface area contributed by atoms with E-state index in [0.717, 1.165) is 67.8 Å². The van der Waals surface area contributed by atoms with Gasteiger partial charge in [-0.3, -0.25) is 5.10 Å². The van der Waals surface area contributed by atoms with E-state index in [2.05, 4.69) is 77.1 Å². The molecule has 3 aliphatic rings. The fourth-order valence-corrected chi connectivity index (χ4v) is 9.95. The van der Waals surface area contributed by atoms with Crippen molar-refractivity contribution in [3.8, 4) is 11.1 Å². The summed E-state index contributed by atoms with van der Waals surface area (Å²) in [4.78, 5) is 34.0. The number of nitrogens with zero attached hydrogens (tertiary/aromatic N) is 11. The number of ether oxygens (including phenoxy) is 1. The number of rotatable bonds is 6. The number of anilines is 2. The predicted octanol–water partition coefficient (Wildman–Crippen LogP) is 4.73. The van der Waals surface area contributed by atoms with Crippen LogP contribution in [0, 0.1) is 20.8 Å². The molecule has 3 aliphatic heterocycles. The summed E-state index contributed by atoms with van der Waals surface area (Å²) >= 11 is 0. The van der Waals surface area contributed by atoms with Crippen LogP contribution in [0.2, 0.25) is 0 Å². The van der Waals surface area contributed by atoms with Crippen LogP contribution in [0.5, 0.6) is 0 Å². The molecule has 24 heteroatoms. The third-order valence-corrected chi connectivity index (χ3v) is 15.4. The maximum Gasteiger partial charge on any atom is 0.498 e. The number of aromatic amines is 1. The Balaban J connectivity index is 0.000000158. The minimum Gasteiger partial charge on any atom is -0.442 e. The fraction of sp³-hybridized carbons (Fsp3) is 0.511. The van der Waals surface area contributed by atoms with Gasteiger partial charge in [0.05, 0.1) is 34.7 Å². The van der Waals surface area contributed by atoms with Crippen molar-refractivity contribution in [2.75, 3.05) is 68.4 Å². The largest absolute Gasteiger partial charge is 0.498 e. The number of nitrogens with two attached hydrogens (primary N) is 1. The van der Waals surface area contributed by atoms with E-state index in [0.29, 0.717) is 57.7 Å². The van der Waals surface area contributed by atoms with Crippen LogP contribution in [0.1, 0.15) is 78.0 Å². The average molecular weight is 1020 g/mol. The molecule has 9 rings (SSSR count). The lowest BCUT2D eigenvalue weighted by molar-refractivity contribution is 0.00578. The third kappa shape index (κ3) is 12.7. The number of sulfonamides is 1. The van der Waals surface area contributed by atoms with Gasteiger partial charge in [-0.05, 0) is 129 Å². The van der Waals surface area contributed by atoms with E-state index < -0.39 is 50.2 Å². The topological polar surface area (TPSA) is 250 Å². The van der Waals surface area contributed by atoms with Gasteiger partial charge in [0.1, 0.15) is 29.9 Å². The van der Waals surface area contributed by atoms with Gasteiger partial charge >= 0.3 is 13.2 Å². The van der Waals surface area contributed by atoms with Gasteiger partial charge in [-0.25, -0.2) is 42.6 Å². The van der Waals surface area contributed by atoms with E-state index in [9.17, 15) is 21.6 Å². The maximum atomic E-state index is 11.9. The van der Waals surface area contributed by atoms with Gasteiger partial charge in [0.2, 0.25) is 10.0 Å². The van der Waals surface area contributed by atoms with E-state index >= 15 is 0 Å². The lowest BCUT2D eigenvalue weighted by Gasteiger charge is -2.32. The van der Waals surface area contributed by atoms with Crippen LogP contribution in [0.4, 0.5) is 16.4 Å². The highest BCUT2D eigenvalue weighted by Crippen LogP contribution is 2.37. The molecule has 7 heterocycles. The number of aromatic nitrogens is 8. The number of benzene rings is 2. The van der Waals surface area contributed by atoms with Crippen molar-refractivity contribution in [3.05, 3.63) is 78.4 Å². The molecular formula is C47H66BN13O8S2. The molecule has 0 unspecified atom stereocenters. The van der Waals surface area contributed by atoms with E-state index in [1.807, 2.05) is 67.7 Å². The van der Waals surface area contributed by atoms with Crippen LogP contribution < -0.4 is 20.4 Å². The molecule has 0 saturated carbocycles. The van der Waals surface area contributed by atoms with E-state index in [-0.39, 0.29) is 0 Å². The Kier molecular flexibility index (Phi) is 15.6. The van der Waals surface area contributed by atoms with Crippen molar-refractivity contribution in [2.24, 2.45) is 5.14 Å². The fourth-order valence-electron chi connectivity index (χ4n) is 8.36. The second kappa shape index (κ2) is 20.8. The molecule has 0 spiro atoms. The zero-order valence-corrected chi connectivity index (χ0v) is 44.1. The van der Waals surface area contributed by atoms with Gasteiger partial charge in [-0.2, -0.15) is 27.6 Å².